The van der Waals surface area contributed by atoms with Crippen molar-refractivity contribution in [2.24, 2.45) is 0 Å². The Morgan fingerprint density at radius 3 is 1.49 bits per heavy atom. The first-order valence-electron chi connectivity index (χ1n) is 15.5. The summed E-state index contributed by atoms with van der Waals surface area (Å²) >= 11 is 0. The maximum atomic E-state index is 5.15. The lowest BCUT2D eigenvalue weighted by atomic mass is 9.82. The van der Waals surface area contributed by atoms with E-state index in [4.69, 9.17) is 15.0 Å². The van der Waals surface area contributed by atoms with E-state index in [-0.39, 0.29) is 5.41 Å². The van der Waals surface area contributed by atoms with E-state index < -0.39 is 0 Å². The molecule has 1 aliphatic rings. The highest BCUT2D eigenvalue weighted by molar-refractivity contribution is 6.25. The molecule has 1 heterocycles. The summed E-state index contributed by atoms with van der Waals surface area (Å²) in [5, 5.41) is 7.42. The minimum absolute atomic E-state index is 0.109. The molecule has 1 aromatic heterocycles. The van der Waals surface area contributed by atoms with Crippen molar-refractivity contribution in [2.45, 2.75) is 19.3 Å². The molecule has 0 amide bonds. The summed E-state index contributed by atoms with van der Waals surface area (Å²) in [6, 6.07) is 49.5. The summed E-state index contributed by atoms with van der Waals surface area (Å²) in [5.41, 5.74) is 8.07. The van der Waals surface area contributed by atoms with Gasteiger partial charge in [0.1, 0.15) is 0 Å². The predicted octanol–water partition coefficient (Wildman–Crippen LogP) is 10.6. The Hall–Kier alpha value is -5.67. The molecule has 0 radical (unpaired) electrons. The molecular formula is C42H29N3. The molecule has 7 aromatic carbocycles. The molecular weight excluding hydrogens is 546 g/mol. The Balaban J connectivity index is 1.27. The second kappa shape index (κ2) is 9.67. The minimum Gasteiger partial charge on any atom is -0.208 e. The largest absolute Gasteiger partial charge is 0.208 e. The van der Waals surface area contributed by atoms with E-state index in [2.05, 4.69) is 135 Å². The highest BCUT2D eigenvalue weighted by Gasteiger charge is 2.35. The van der Waals surface area contributed by atoms with Crippen LogP contribution in [0.1, 0.15) is 25.0 Å². The second-order valence-electron chi connectivity index (χ2n) is 12.5. The van der Waals surface area contributed by atoms with Crippen LogP contribution in [0.3, 0.4) is 0 Å². The van der Waals surface area contributed by atoms with Crippen LogP contribution in [0.15, 0.2) is 140 Å². The van der Waals surface area contributed by atoms with E-state index >= 15 is 0 Å². The van der Waals surface area contributed by atoms with E-state index in [1.807, 2.05) is 18.2 Å². The molecule has 0 N–H and O–H groups in total. The number of nitrogens with zero attached hydrogens (tertiary/aromatic N) is 3. The molecule has 212 valence electrons. The van der Waals surface area contributed by atoms with Crippen molar-refractivity contribution in [3.8, 4) is 45.3 Å². The fourth-order valence-corrected chi connectivity index (χ4v) is 7.24. The molecule has 0 atom stereocenters. The van der Waals surface area contributed by atoms with Crippen molar-refractivity contribution in [3.05, 3.63) is 151 Å². The fraction of sp³-hybridized carbons (Fsp3) is 0.0714. The lowest BCUT2D eigenvalue weighted by Gasteiger charge is -2.21. The Morgan fingerprint density at radius 2 is 0.822 bits per heavy atom. The molecule has 0 fully saturated rings. The summed E-state index contributed by atoms with van der Waals surface area (Å²) in [6.07, 6.45) is 0. The van der Waals surface area contributed by atoms with Gasteiger partial charge in [0, 0.05) is 22.1 Å². The van der Waals surface area contributed by atoms with Gasteiger partial charge in [0.25, 0.3) is 0 Å². The van der Waals surface area contributed by atoms with Crippen LogP contribution >= 0.6 is 0 Å². The quantitative estimate of drug-likeness (QED) is 0.197. The van der Waals surface area contributed by atoms with E-state index in [1.54, 1.807) is 0 Å². The fourth-order valence-electron chi connectivity index (χ4n) is 7.24. The summed E-state index contributed by atoms with van der Waals surface area (Å²) in [7, 11) is 0. The standard InChI is InChI=1S/C42H29N3/c1-42(2)37-19-11-10-18-34(37)35-23-21-28(25-38(35)42)41-44-39(26-12-4-3-5-13-26)43-40(45-41)27-20-22-33-31-16-7-6-14-29(31)30-15-8-9-17-32(30)36(33)24-27/h3-25H,1-2H3. The number of fused-ring (bicyclic) bond motifs is 9. The maximum absolute atomic E-state index is 5.15. The van der Waals surface area contributed by atoms with Gasteiger partial charge >= 0.3 is 0 Å². The molecule has 0 aliphatic heterocycles. The number of aromatic nitrogens is 3. The lowest BCUT2D eigenvalue weighted by molar-refractivity contribution is 0.660. The summed E-state index contributed by atoms with van der Waals surface area (Å²) in [6.45, 7) is 4.61. The Kier molecular flexibility index (Phi) is 5.54. The zero-order valence-corrected chi connectivity index (χ0v) is 25.1. The van der Waals surface area contributed by atoms with Crippen LogP contribution in [-0.2, 0) is 5.41 Å². The van der Waals surface area contributed by atoms with Crippen LogP contribution in [0.25, 0.3) is 77.6 Å². The van der Waals surface area contributed by atoms with Gasteiger partial charge in [0.05, 0.1) is 0 Å². The zero-order chi connectivity index (χ0) is 30.1. The van der Waals surface area contributed by atoms with Gasteiger partial charge in [-0.2, -0.15) is 0 Å². The van der Waals surface area contributed by atoms with Crippen LogP contribution in [0.4, 0.5) is 0 Å². The first kappa shape index (κ1) is 25.8. The molecule has 1 aliphatic carbocycles. The normalized spacial score (nSPS) is 13.3. The zero-order valence-electron chi connectivity index (χ0n) is 25.1. The SMILES string of the molecule is CC1(C)c2ccccc2-c2ccc(-c3nc(-c4ccccc4)nc(-c4ccc5c6ccccc6c6ccccc6c5c4)n3)cc21. The third kappa shape index (κ3) is 3.94. The first-order chi connectivity index (χ1) is 22.1. The average molecular weight is 576 g/mol. The van der Waals surface area contributed by atoms with Crippen molar-refractivity contribution in [1.82, 2.24) is 15.0 Å². The van der Waals surface area contributed by atoms with Gasteiger partial charge < -0.3 is 0 Å². The molecule has 0 unspecified atom stereocenters. The highest BCUT2D eigenvalue weighted by Crippen LogP contribution is 2.49. The van der Waals surface area contributed by atoms with Crippen molar-refractivity contribution in [1.29, 1.82) is 0 Å². The van der Waals surface area contributed by atoms with Gasteiger partial charge in [0.15, 0.2) is 17.5 Å². The van der Waals surface area contributed by atoms with Crippen molar-refractivity contribution >= 4 is 32.3 Å². The molecule has 8 aromatic rings. The third-order valence-corrected chi connectivity index (χ3v) is 9.51. The molecule has 45 heavy (non-hydrogen) atoms. The van der Waals surface area contributed by atoms with Crippen molar-refractivity contribution in [2.75, 3.05) is 0 Å². The van der Waals surface area contributed by atoms with Crippen molar-refractivity contribution < 1.29 is 0 Å². The average Bonchev–Trinajstić information content (AvgIpc) is 3.34. The topological polar surface area (TPSA) is 38.7 Å². The Bertz CT molecular complexity index is 2420. The Labute approximate surface area is 261 Å². The molecule has 0 saturated carbocycles. The smallest absolute Gasteiger partial charge is 0.164 e. The number of hydrogen-bond acceptors (Lipinski definition) is 3. The van der Waals surface area contributed by atoms with Gasteiger partial charge in [-0.05, 0) is 66.7 Å². The minimum atomic E-state index is -0.109. The Morgan fingerprint density at radius 1 is 0.356 bits per heavy atom. The summed E-state index contributed by atoms with van der Waals surface area (Å²) < 4.78 is 0. The molecule has 0 spiro atoms. The number of rotatable bonds is 3. The van der Waals surface area contributed by atoms with Crippen LogP contribution in [0.5, 0.6) is 0 Å². The van der Waals surface area contributed by atoms with E-state index in [0.29, 0.717) is 17.5 Å². The van der Waals surface area contributed by atoms with Gasteiger partial charge in [0.2, 0.25) is 0 Å². The molecule has 0 bridgehead atoms. The van der Waals surface area contributed by atoms with Gasteiger partial charge in [-0.25, -0.2) is 15.0 Å². The predicted molar refractivity (Wildman–Crippen MR) is 186 cm³/mol. The van der Waals surface area contributed by atoms with E-state index in [1.165, 1.54) is 54.6 Å². The number of benzene rings is 7. The third-order valence-electron chi connectivity index (χ3n) is 9.51. The van der Waals surface area contributed by atoms with Crippen molar-refractivity contribution in [3.63, 3.8) is 0 Å². The molecule has 3 heteroatoms. The molecule has 3 nitrogen and oxygen atoms in total. The van der Waals surface area contributed by atoms with Crippen LogP contribution in [0.2, 0.25) is 0 Å². The van der Waals surface area contributed by atoms with Crippen LogP contribution < -0.4 is 0 Å². The summed E-state index contributed by atoms with van der Waals surface area (Å²) in [4.78, 5) is 15.3. The molecule has 9 rings (SSSR count). The van der Waals surface area contributed by atoms with Crippen LogP contribution in [-0.4, -0.2) is 15.0 Å². The van der Waals surface area contributed by atoms with Crippen LogP contribution in [0, 0.1) is 0 Å². The van der Waals surface area contributed by atoms with Gasteiger partial charge in [-0.1, -0.05) is 141 Å². The molecule has 0 saturated heterocycles. The maximum Gasteiger partial charge on any atom is 0.164 e. The second-order valence-corrected chi connectivity index (χ2v) is 12.5. The van der Waals surface area contributed by atoms with Gasteiger partial charge in [-0.3, -0.25) is 0 Å². The van der Waals surface area contributed by atoms with E-state index in [9.17, 15) is 0 Å². The van der Waals surface area contributed by atoms with E-state index in [0.717, 1.165) is 16.7 Å². The number of hydrogen-bond donors (Lipinski definition) is 0. The first-order valence-corrected chi connectivity index (χ1v) is 15.5. The highest BCUT2D eigenvalue weighted by atomic mass is 15.0. The lowest BCUT2D eigenvalue weighted by Crippen LogP contribution is -2.15. The summed E-state index contributed by atoms with van der Waals surface area (Å²) in [5.74, 6) is 2.01. The monoisotopic (exact) mass is 575 g/mol. The van der Waals surface area contributed by atoms with Gasteiger partial charge in [-0.15, -0.1) is 0 Å².